The van der Waals surface area contributed by atoms with Crippen LogP contribution in [0.1, 0.15) is 118 Å². The Morgan fingerprint density at radius 3 is 1.37 bits per heavy atom. The second-order valence-electron chi connectivity index (χ2n) is 7.79. The van der Waals surface area contributed by atoms with Crippen molar-refractivity contribution in [1.29, 1.82) is 0 Å². The number of hydrogen-bond donors (Lipinski definition) is 2. The zero-order valence-corrected chi connectivity index (χ0v) is 21.3. The Labute approximate surface area is 193 Å². The second-order valence-corrected chi connectivity index (χ2v) is 9.48. The van der Waals surface area contributed by atoms with E-state index in [1.807, 2.05) is 0 Å². The molecule has 27 heavy (non-hydrogen) atoms. The van der Waals surface area contributed by atoms with Gasteiger partial charge in [-0.2, -0.15) is 8.42 Å². The van der Waals surface area contributed by atoms with E-state index in [1.54, 1.807) is 7.05 Å². The molecule has 160 valence electrons. The SMILES string of the molecule is CCCCCCCCCCCCCCCCCCC(CNC)S(=O)(=O)O.[H-].[Na+]. The van der Waals surface area contributed by atoms with E-state index < -0.39 is 15.4 Å². The van der Waals surface area contributed by atoms with Crippen molar-refractivity contribution < 1.29 is 44.0 Å². The first-order valence-corrected chi connectivity index (χ1v) is 12.6. The van der Waals surface area contributed by atoms with Crippen LogP contribution in [0.25, 0.3) is 0 Å². The second kappa shape index (κ2) is 21.6. The predicted molar refractivity (Wildman–Crippen MR) is 115 cm³/mol. The summed E-state index contributed by atoms with van der Waals surface area (Å²) in [6.07, 6.45) is 21.5. The van der Waals surface area contributed by atoms with Crippen LogP contribution in [0.4, 0.5) is 0 Å². The number of nitrogens with one attached hydrogen (secondary N) is 1. The average Bonchev–Trinajstić information content (AvgIpc) is 2.59. The van der Waals surface area contributed by atoms with Crippen LogP contribution < -0.4 is 34.9 Å². The molecule has 1 unspecified atom stereocenters. The van der Waals surface area contributed by atoms with E-state index in [4.69, 9.17) is 4.55 Å². The molecule has 0 fully saturated rings. The predicted octanol–water partition coefficient (Wildman–Crippen LogP) is 3.23. The summed E-state index contributed by atoms with van der Waals surface area (Å²) in [6.45, 7) is 2.60. The van der Waals surface area contributed by atoms with Gasteiger partial charge in [0.25, 0.3) is 10.1 Å². The third-order valence-corrected chi connectivity index (χ3v) is 6.48. The van der Waals surface area contributed by atoms with Crippen molar-refractivity contribution in [2.45, 2.75) is 121 Å². The van der Waals surface area contributed by atoms with Crippen LogP contribution in [0.5, 0.6) is 0 Å². The van der Waals surface area contributed by atoms with Gasteiger partial charge in [0.15, 0.2) is 0 Å². The molecular formula is C21H46NNaO3S. The Hall–Kier alpha value is 0.870. The first-order valence-electron chi connectivity index (χ1n) is 11.1. The van der Waals surface area contributed by atoms with Gasteiger partial charge in [0.2, 0.25) is 0 Å². The third-order valence-electron chi connectivity index (χ3n) is 5.23. The van der Waals surface area contributed by atoms with Crippen molar-refractivity contribution in [2.24, 2.45) is 0 Å². The Balaban J connectivity index is -0.00000312. The van der Waals surface area contributed by atoms with Crippen molar-refractivity contribution in [3.63, 3.8) is 0 Å². The standard InChI is InChI=1S/C21H45NO3S.Na.H/c1-3-4-5-6-7-8-9-10-11-12-13-14-15-16-17-18-19-21(20-22-2)26(23,24)25;;/h21-22H,3-20H2,1-2H3,(H,23,24,25);;/q;+1;-1. The molecule has 0 aromatic rings. The molecule has 0 aromatic heterocycles. The van der Waals surface area contributed by atoms with Crippen molar-refractivity contribution in [3.05, 3.63) is 0 Å². The average molecular weight is 416 g/mol. The van der Waals surface area contributed by atoms with E-state index in [1.165, 1.54) is 89.9 Å². The largest absolute Gasteiger partial charge is 1.00 e. The Kier molecular flexibility index (Phi) is 24.0. The maximum absolute atomic E-state index is 11.2. The molecule has 1 atom stereocenters. The van der Waals surface area contributed by atoms with Gasteiger partial charge in [-0.1, -0.05) is 110 Å². The summed E-state index contributed by atoms with van der Waals surface area (Å²) in [4.78, 5) is 0. The van der Waals surface area contributed by atoms with E-state index in [0.717, 1.165) is 12.8 Å². The Morgan fingerprint density at radius 2 is 1.07 bits per heavy atom. The summed E-state index contributed by atoms with van der Waals surface area (Å²) in [7, 11) is -2.20. The topological polar surface area (TPSA) is 66.4 Å². The van der Waals surface area contributed by atoms with Gasteiger partial charge >= 0.3 is 29.6 Å². The molecule has 0 amide bonds. The van der Waals surface area contributed by atoms with Gasteiger partial charge < -0.3 is 6.74 Å². The molecular weight excluding hydrogens is 369 g/mol. The van der Waals surface area contributed by atoms with E-state index in [2.05, 4.69) is 12.2 Å². The number of rotatable bonds is 20. The molecule has 6 heteroatoms. The molecule has 0 bridgehead atoms. The Bertz CT molecular complexity index is 397. The molecule has 0 saturated heterocycles. The van der Waals surface area contributed by atoms with Crippen molar-refractivity contribution in [3.8, 4) is 0 Å². The summed E-state index contributed by atoms with van der Waals surface area (Å²) in [5.74, 6) is 0. The summed E-state index contributed by atoms with van der Waals surface area (Å²) < 4.78 is 31.6. The molecule has 4 nitrogen and oxygen atoms in total. The summed E-state index contributed by atoms with van der Waals surface area (Å²) in [6, 6.07) is 0. The number of unbranched alkanes of at least 4 members (excludes halogenated alkanes) is 15. The molecule has 0 heterocycles. The molecule has 0 aliphatic heterocycles. The van der Waals surface area contributed by atoms with E-state index in [0.29, 0.717) is 13.0 Å². The van der Waals surface area contributed by atoms with Gasteiger partial charge in [0.1, 0.15) is 0 Å². The van der Waals surface area contributed by atoms with Crippen LogP contribution in [0.3, 0.4) is 0 Å². The minimum Gasteiger partial charge on any atom is -1.00 e. The molecule has 0 aromatic carbocycles. The van der Waals surface area contributed by atoms with E-state index in [9.17, 15) is 8.42 Å². The maximum Gasteiger partial charge on any atom is 1.00 e. The summed E-state index contributed by atoms with van der Waals surface area (Å²) >= 11 is 0. The van der Waals surface area contributed by atoms with Crippen molar-refractivity contribution >= 4 is 10.1 Å². The summed E-state index contributed by atoms with van der Waals surface area (Å²) in [5.41, 5.74) is 0. The van der Waals surface area contributed by atoms with E-state index >= 15 is 0 Å². The molecule has 2 N–H and O–H groups in total. The first-order chi connectivity index (χ1) is 12.5. The van der Waals surface area contributed by atoms with Crippen LogP contribution in [0.2, 0.25) is 0 Å². The van der Waals surface area contributed by atoms with Gasteiger partial charge in [0.05, 0.1) is 5.25 Å². The van der Waals surface area contributed by atoms with Crippen LogP contribution >= 0.6 is 0 Å². The molecule has 0 spiro atoms. The fraction of sp³-hybridized carbons (Fsp3) is 1.00. The molecule has 0 rings (SSSR count). The maximum atomic E-state index is 11.2. The van der Waals surface area contributed by atoms with Gasteiger partial charge in [-0.05, 0) is 13.5 Å². The third kappa shape index (κ3) is 21.4. The zero-order chi connectivity index (χ0) is 19.5. The normalized spacial score (nSPS) is 12.7. The first kappa shape index (κ1) is 30.1. The fourth-order valence-electron chi connectivity index (χ4n) is 3.50. The minimum absolute atomic E-state index is 0. The Morgan fingerprint density at radius 1 is 0.741 bits per heavy atom. The zero-order valence-electron chi connectivity index (χ0n) is 19.5. The fourth-order valence-corrected chi connectivity index (χ4v) is 4.35. The molecule has 0 aliphatic rings. The number of hydrogen-bond acceptors (Lipinski definition) is 3. The van der Waals surface area contributed by atoms with Crippen LogP contribution in [-0.4, -0.2) is 31.8 Å². The van der Waals surface area contributed by atoms with Crippen molar-refractivity contribution in [2.75, 3.05) is 13.6 Å². The summed E-state index contributed by atoms with van der Waals surface area (Å²) in [5, 5.41) is 2.19. The van der Waals surface area contributed by atoms with Crippen LogP contribution in [0.15, 0.2) is 0 Å². The van der Waals surface area contributed by atoms with Crippen LogP contribution in [-0.2, 0) is 10.1 Å². The minimum atomic E-state index is -3.91. The van der Waals surface area contributed by atoms with Gasteiger partial charge in [-0.15, -0.1) is 0 Å². The van der Waals surface area contributed by atoms with Gasteiger partial charge in [-0.25, -0.2) is 0 Å². The quantitative estimate of drug-likeness (QED) is 0.182. The molecule has 0 saturated carbocycles. The molecule has 0 aliphatic carbocycles. The monoisotopic (exact) mass is 415 g/mol. The van der Waals surface area contributed by atoms with Gasteiger partial charge in [-0.3, -0.25) is 4.55 Å². The van der Waals surface area contributed by atoms with Crippen LogP contribution in [0, 0.1) is 0 Å². The van der Waals surface area contributed by atoms with Crippen molar-refractivity contribution in [1.82, 2.24) is 5.32 Å². The van der Waals surface area contributed by atoms with E-state index in [-0.39, 0.29) is 31.0 Å². The smallest absolute Gasteiger partial charge is 1.00 e. The molecule has 0 radical (unpaired) electrons. The van der Waals surface area contributed by atoms with Gasteiger partial charge in [0, 0.05) is 6.54 Å².